The van der Waals surface area contributed by atoms with E-state index < -0.39 is 0 Å². The van der Waals surface area contributed by atoms with E-state index in [0.717, 1.165) is 34.6 Å². The van der Waals surface area contributed by atoms with Crippen molar-refractivity contribution in [1.82, 2.24) is 34.4 Å². The van der Waals surface area contributed by atoms with Crippen molar-refractivity contribution in [2.45, 2.75) is 12.5 Å². The molecule has 5 rings (SSSR count). The van der Waals surface area contributed by atoms with Crippen LogP contribution in [0.1, 0.15) is 17.2 Å². The third-order valence-corrected chi connectivity index (χ3v) is 4.45. The Balaban J connectivity index is 1.51. The van der Waals surface area contributed by atoms with Gasteiger partial charge in [0.15, 0.2) is 5.65 Å². The van der Waals surface area contributed by atoms with E-state index in [1.54, 1.807) is 6.20 Å². The van der Waals surface area contributed by atoms with Crippen LogP contribution in [0.4, 0.5) is 0 Å². The van der Waals surface area contributed by atoms with Crippen molar-refractivity contribution in [2.24, 2.45) is 5.10 Å². The van der Waals surface area contributed by atoms with Crippen LogP contribution in [0.5, 0.6) is 0 Å². The number of aromatic nitrogens is 6. The fourth-order valence-electron chi connectivity index (χ4n) is 3.16. The molecule has 25 heavy (non-hydrogen) atoms. The lowest BCUT2D eigenvalue weighted by Crippen LogP contribution is -2.13. The first-order valence-electron chi connectivity index (χ1n) is 8.13. The molecule has 0 N–H and O–H groups in total. The van der Waals surface area contributed by atoms with E-state index in [9.17, 15) is 0 Å². The molecule has 5 heterocycles. The summed E-state index contributed by atoms with van der Waals surface area (Å²) in [4.78, 5) is 9.07. The largest absolute Gasteiger partial charge is 0.307 e. The number of hydrogen-bond acceptors (Lipinski definition) is 6. The topological polar surface area (TPSA) is 76.5 Å². The Morgan fingerprint density at radius 2 is 2.16 bits per heavy atom. The number of nitrogens with zero attached hydrogens (tertiary/aromatic N) is 8. The van der Waals surface area contributed by atoms with E-state index in [0.29, 0.717) is 6.54 Å². The molecule has 0 aromatic carbocycles. The second kappa shape index (κ2) is 5.37. The molecule has 1 aliphatic heterocycles. The zero-order valence-corrected chi connectivity index (χ0v) is 13.7. The molecule has 0 saturated heterocycles. The first-order valence-corrected chi connectivity index (χ1v) is 8.13. The maximum atomic E-state index is 4.80. The van der Waals surface area contributed by atoms with Crippen LogP contribution in [0, 0.1) is 0 Å². The van der Waals surface area contributed by atoms with Gasteiger partial charge in [-0.1, -0.05) is 11.3 Å². The minimum atomic E-state index is 0.208. The lowest BCUT2D eigenvalue weighted by Gasteiger charge is -2.10. The standard InChI is InChI=1S/C17H16N8/c1-23-11-13(8-19-23)14-3-4-15-17(20-14)25(22-21-15)10-12-2-5-16-18-6-7-24(16)9-12/h2-9,13H,10-11H2,1H3. The third-order valence-electron chi connectivity index (χ3n) is 4.45. The lowest BCUT2D eigenvalue weighted by atomic mass is 10.1. The van der Waals surface area contributed by atoms with Crippen molar-refractivity contribution in [1.29, 1.82) is 0 Å². The van der Waals surface area contributed by atoms with Gasteiger partial charge >= 0.3 is 0 Å². The van der Waals surface area contributed by atoms with Crippen molar-refractivity contribution in [2.75, 3.05) is 13.6 Å². The van der Waals surface area contributed by atoms with E-state index in [4.69, 9.17) is 4.98 Å². The average Bonchev–Trinajstić information content (AvgIpc) is 3.34. The van der Waals surface area contributed by atoms with Gasteiger partial charge in [0.1, 0.15) is 11.2 Å². The highest BCUT2D eigenvalue weighted by molar-refractivity contribution is 5.73. The molecule has 8 heteroatoms. The molecule has 0 radical (unpaired) electrons. The molecule has 0 amide bonds. The number of pyridine rings is 2. The van der Waals surface area contributed by atoms with Gasteiger partial charge in [-0.05, 0) is 23.8 Å². The summed E-state index contributed by atoms with van der Waals surface area (Å²) in [5.41, 5.74) is 4.64. The predicted octanol–water partition coefficient (Wildman–Crippen LogP) is 1.54. The number of imidazole rings is 1. The smallest absolute Gasteiger partial charge is 0.179 e. The Morgan fingerprint density at radius 1 is 1.20 bits per heavy atom. The van der Waals surface area contributed by atoms with Crippen molar-refractivity contribution in [3.8, 4) is 0 Å². The highest BCUT2D eigenvalue weighted by Crippen LogP contribution is 2.20. The zero-order chi connectivity index (χ0) is 16.8. The highest BCUT2D eigenvalue weighted by atomic mass is 15.5. The van der Waals surface area contributed by atoms with Crippen molar-refractivity contribution in [3.63, 3.8) is 0 Å². The monoisotopic (exact) mass is 332 g/mol. The summed E-state index contributed by atoms with van der Waals surface area (Å²) in [5, 5.41) is 14.7. The van der Waals surface area contributed by atoms with E-state index in [1.807, 2.05) is 51.7 Å². The highest BCUT2D eigenvalue weighted by Gasteiger charge is 2.19. The number of likely N-dealkylation sites (N-methyl/N-ethyl adjacent to an activating group) is 1. The second-order valence-electron chi connectivity index (χ2n) is 6.27. The summed E-state index contributed by atoms with van der Waals surface area (Å²) < 4.78 is 3.84. The molecule has 1 unspecified atom stereocenters. The number of fused-ring (bicyclic) bond motifs is 2. The predicted molar refractivity (Wildman–Crippen MR) is 93.5 cm³/mol. The summed E-state index contributed by atoms with van der Waals surface area (Å²) in [6.45, 7) is 1.46. The average molecular weight is 332 g/mol. The van der Waals surface area contributed by atoms with Gasteiger partial charge in [0.2, 0.25) is 0 Å². The zero-order valence-electron chi connectivity index (χ0n) is 13.7. The van der Waals surface area contributed by atoms with Crippen LogP contribution in [0.25, 0.3) is 16.8 Å². The summed E-state index contributed by atoms with van der Waals surface area (Å²) in [5.74, 6) is 0.208. The van der Waals surface area contributed by atoms with E-state index in [2.05, 4.69) is 32.7 Å². The van der Waals surface area contributed by atoms with Gasteiger partial charge < -0.3 is 4.40 Å². The maximum absolute atomic E-state index is 4.80. The van der Waals surface area contributed by atoms with E-state index in [-0.39, 0.29) is 5.92 Å². The van der Waals surface area contributed by atoms with Crippen LogP contribution in [0.3, 0.4) is 0 Å². The van der Waals surface area contributed by atoms with Gasteiger partial charge in [0.25, 0.3) is 0 Å². The number of hydrazone groups is 1. The van der Waals surface area contributed by atoms with Crippen LogP contribution in [0.2, 0.25) is 0 Å². The Hall–Kier alpha value is -3.29. The van der Waals surface area contributed by atoms with Crippen LogP contribution < -0.4 is 0 Å². The molecular weight excluding hydrogens is 316 g/mol. The molecule has 0 aliphatic carbocycles. The molecule has 0 bridgehead atoms. The second-order valence-corrected chi connectivity index (χ2v) is 6.27. The SMILES string of the molecule is CN1CC(c2ccc3nnn(Cc4ccc5nccn5c4)c3n2)C=N1. The van der Waals surface area contributed by atoms with Crippen molar-refractivity contribution in [3.05, 3.63) is 54.1 Å². The van der Waals surface area contributed by atoms with Gasteiger partial charge in [0.05, 0.1) is 18.2 Å². The van der Waals surface area contributed by atoms with Gasteiger partial charge in [0, 0.05) is 38.4 Å². The molecule has 124 valence electrons. The Bertz CT molecular complexity index is 1090. The van der Waals surface area contributed by atoms with Gasteiger partial charge in [-0.15, -0.1) is 5.10 Å². The summed E-state index contributed by atoms with van der Waals surface area (Å²) in [6, 6.07) is 8.04. The molecule has 4 aromatic heterocycles. The van der Waals surface area contributed by atoms with Crippen molar-refractivity contribution >= 4 is 23.0 Å². The number of rotatable bonds is 3. The van der Waals surface area contributed by atoms with E-state index >= 15 is 0 Å². The first-order chi connectivity index (χ1) is 12.3. The fourth-order valence-corrected chi connectivity index (χ4v) is 3.16. The van der Waals surface area contributed by atoms with E-state index in [1.165, 1.54) is 0 Å². The molecule has 8 nitrogen and oxygen atoms in total. The minimum absolute atomic E-state index is 0.208. The van der Waals surface area contributed by atoms with Crippen molar-refractivity contribution < 1.29 is 0 Å². The lowest BCUT2D eigenvalue weighted by molar-refractivity contribution is 0.380. The van der Waals surface area contributed by atoms with Gasteiger partial charge in [-0.2, -0.15) is 5.10 Å². The molecule has 4 aromatic rings. The van der Waals surface area contributed by atoms with Gasteiger partial charge in [-0.25, -0.2) is 14.6 Å². The normalized spacial score (nSPS) is 17.2. The maximum Gasteiger partial charge on any atom is 0.179 e. The Labute approximate surface area is 143 Å². The summed E-state index contributed by atoms with van der Waals surface area (Å²) >= 11 is 0. The molecule has 1 atom stereocenters. The summed E-state index contributed by atoms with van der Waals surface area (Å²) in [7, 11) is 1.97. The Kier molecular flexibility index (Phi) is 3.03. The first kappa shape index (κ1) is 14.1. The number of hydrogen-bond donors (Lipinski definition) is 0. The van der Waals surface area contributed by atoms with Crippen LogP contribution >= 0.6 is 0 Å². The van der Waals surface area contributed by atoms with Crippen LogP contribution in [0.15, 0.2) is 48.0 Å². The van der Waals surface area contributed by atoms with Gasteiger partial charge in [-0.3, -0.25) is 5.01 Å². The Morgan fingerprint density at radius 3 is 3.04 bits per heavy atom. The molecule has 0 fully saturated rings. The fraction of sp³-hybridized carbons (Fsp3) is 0.235. The molecular formula is C17H16N8. The molecule has 0 saturated carbocycles. The quantitative estimate of drug-likeness (QED) is 0.569. The minimum Gasteiger partial charge on any atom is -0.307 e. The van der Waals surface area contributed by atoms with Crippen LogP contribution in [-0.2, 0) is 6.54 Å². The molecule has 0 spiro atoms. The molecule has 1 aliphatic rings. The van der Waals surface area contributed by atoms with Crippen LogP contribution in [-0.4, -0.2) is 54.2 Å². The third kappa shape index (κ3) is 2.42. The summed E-state index contributed by atoms with van der Waals surface area (Å²) in [6.07, 6.45) is 7.72.